The summed E-state index contributed by atoms with van der Waals surface area (Å²) in [6, 6.07) is 5.95. The van der Waals surface area contributed by atoms with Crippen molar-refractivity contribution in [3.05, 3.63) is 39.8 Å². The number of nitrogens with zero attached hydrogens (tertiary/aromatic N) is 3. The topological polar surface area (TPSA) is 66.5 Å². The van der Waals surface area contributed by atoms with Crippen LogP contribution >= 0.6 is 27.5 Å². The van der Waals surface area contributed by atoms with Crippen LogP contribution in [0.5, 0.6) is 0 Å². The molecular weight excluding hydrogens is 330 g/mol. The predicted molar refractivity (Wildman–Crippen MR) is 78.9 cm³/mol. The molecule has 0 spiro atoms. The Kier molecular flexibility index (Phi) is 3.12. The number of halogens is 2. The van der Waals surface area contributed by atoms with Crippen molar-refractivity contribution in [1.29, 1.82) is 0 Å². The van der Waals surface area contributed by atoms with Crippen molar-refractivity contribution >= 4 is 50.2 Å². The molecule has 1 aromatic carbocycles. The molecule has 2 N–H and O–H groups in total. The van der Waals surface area contributed by atoms with Crippen LogP contribution in [0.3, 0.4) is 0 Å². The van der Waals surface area contributed by atoms with Gasteiger partial charge in [-0.3, -0.25) is 0 Å². The Bertz CT molecular complexity index is 755. The summed E-state index contributed by atoms with van der Waals surface area (Å²) in [7, 11) is 0. The van der Waals surface area contributed by atoms with Crippen molar-refractivity contribution in [3.8, 4) is 0 Å². The molecule has 0 amide bonds. The van der Waals surface area contributed by atoms with E-state index in [0.717, 1.165) is 21.2 Å². The minimum Gasteiger partial charge on any atom is -0.340 e. The highest BCUT2D eigenvalue weighted by molar-refractivity contribution is 9.10. The molecule has 0 atom stereocenters. The van der Waals surface area contributed by atoms with Gasteiger partial charge in [-0.25, -0.2) is 4.98 Å². The van der Waals surface area contributed by atoms with E-state index in [1.165, 1.54) is 0 Å². The van der Waals surface area contributed by atoms with Gasteiger partial charge in [0, 0.05) is 10.2 Å². The number of rotatable bonds is 2. The molecule has 0 aliphatic heterocycles. The largest absolute Gasteiger partial charge is 0.340 e. The highest BCUT2D eigenvalue weighted by atomic mass is 79.9. The lowest BCUT2D eigenvalue weighted by atomic mass is 10.2. The van der Waals surface area contributed by atoms with E-state index >= 15 is 0 Å². The second-order valence-electron chi connectivity index (χ2n) is 4.03. The molecule has 96 valence electrons. The quantitative estimate of drug-likeness (QED) is 0.697. The van der Waals surface area contributed by atoms with Crippen molar-refractivity contribution in [2.24, 2.45) is 0 Å². The normalized spacial score (nSPS) is 10.9. The number of hydrogen-bond acceptors (Lipinski definition) is 4. The average Bonchev–Trinajstić information content (AvgIpc) is 2.80. The van der Waals surface area contributed by atoms with Gasteiger partial charge in [0.15, 0.2) is 11.5 Å². The molecule has 2 heterocycles. The molecule has 3 rings (SSSR count). The number of fused-ring (bicyclic) bond motifs is 1. The number of aryl methyl sites for hydroxylation is 1. The number of anilines is 2. The molecule has 19 heavy (non-hydrogen) atoms. The van der Waals surface area contributed by atoms with Crippen molar-refractivity contribution in [1.82, 2.24) is 19.9 Å². The van der Waals surface area contributed by atoms with Crippen LogP contribution in [0.15, 0.2) is 29.0 Å². The first kappa shape index (κ1) is 12.4. The Labute approximate surface area is 122 Å². The Balaban J connectivity index is 2.07. The molecule has 0 saturated heterocycles. The first-order chi connectivity index (χ1) is 9.13. The maximum absolute atomic E-state index is 5.89. The van der Waals surface area contributed by atoms with Gasteiger partial charge >= 0.3 is 0 Å². The first-order valence-electron chi connectivity index (χ1n) is 5.53. The highest BCUT2D eigenvalue weighted by Gasteiger charge is 2.10. The van der Waals surface area contributed by atoms with Gasteiger partial charge in [0.05, 0.1) is 6.33 Å². The highest BCUT2D eigenvalue weighted by Crippen LogP contribution is 2.26. The van der Waals surface area contributed by atoms with E-state index < -0.39 is 0 Å². The third-order valence-corrected chi connectivity index (χ3v) is 3.36. The average molecular weight is 339 g/mol. The zero-order chi connectivity index (χ0) is 13.4. The minimum absolute atomic E-state index is 0.164. The van der Waals surface area contributed by atoms with Crippen molar-refractivity contribution < 1.29 is 0 Å². The molecule has 2 aromatic heterocycles. The first-order valence-corrected chi connectivity index (χ1v) is 6.70. The van der Waals surface area contributed by atoms with Gasteiger partial charge in [-0.05, 0) is 42.3 Å². The van der Waals surface area contributed by atoms with Crippen molar-refractivity contribution in [2.75, 3.05) is 5.32 Å². The van der Waals surface area contributed by atoms with E-state index in [2.05, 4.69) is 41.2 Å². The van der Waals surface area contributed by atoms with Gasteiger partial charge in [-0.1, -0.05) is 15.9 Å². The molecule has 3 aromatic rings. The third kappa shape index (κ3) is 2.41. The van der Waals surface area contributed by atoms with Crippen LogP contribution in [-0.4, -0.2) is 19.9 Å². The van der Waals surface area contributed by atoms with Crippen molar-refractivity contribution in [3.63, 3.8) is 0 Å². The fourth-order valence-corrected chi connectivity index (χ4v) is 2.43. The van der Waals surface area contributed by atoms with E-state index in [1.54, 1.807) is 6.33 Å². The van der Waals surface area contributed by atoms with E-state index in [1.807, 2.05) is 25.1 Å². The second-order valence-corrected chi connectivity index (χ2v) is 5.28. The summed E-state index contributed by atoms with van der Waals surface area (Å²) in [5.41, 5.74) is 3.31. The summed E-state index contributed by atoms with van der Waals surface area (Å²) in [5, 5.41) is 3.41. The Morgan fingerprint density at radius 3 is 2.95 bits per heavy atom. The molecule has 0 radical (unpaired) electrons. The van der Waals surface area contributed by atoms with Crippen LogP contribution in [-0.2, 0) is 0 Å². The molecule has 5 nitrogen and oxygen atoms in total. The number of H-pyrrole nitrogens is 1. The van der Waals surface area contributed by atoms with Gasteiger partial charge in [0.1, 0.15) is 5.52 Å². The van der Waals surface area contributed by atoms with Crippen LogP contribution in [0.25, 0.3) is 11.2 Å². The standard InChI is InChI=1S/C12H9BrClN5/c1-6-4-7(13)2-3-8(6)17-11-9-10(16-5-15-9)18-12(14)19-11/h2-5H,1H3,(H2,15,16,17,18,19). The molecule has 0 unspecified atom stereocenters. The summed E-state index contributed by atoms with van der Waals surface area (Å²) < 4.78 is 1.03. The number of benzene rings is 1. The van der Waals surface area contributed by atoms with Gasteiger partial charge < -0.3 is 10.3 Å². The summed E-state index contributed by atoms with van der Waals surface area (Å²) >= 11 is 9.32. The Morgan fingerprint density at radius 1 is 1.32 bits per heavy atom. The second kappa shape index (κ2) is 4.79. The maximum Gasteiger partial charge on any atom is 0.226 e. The van der Waals surface area contributed by atoms with Gasteiger partial charge in [-0.2, -0.15) is 9.97 Å². The molecule has 0 saturated carbocycles. The van der Waals surface area contributed by atoms with Crippen LogP contribution in [0.1, 0.15) is 5.56 Å². The molecule has 0 bridgehead atoms. The lowest BCUT2D eigenvalue weighted by molar-refractivity contribution is 1.19. The molecule has 0 aliphatic carbocycles. The molecule has 0 fully saturated rings. The summed E-state index contributed by atoms with van der Waals surface area (Å²) in [5.74, 6) is 0.609. The monoisotopic (exact) mass is 337 g/mol. The van der Waals surface area contributed by atoms with Crippen molar-refractivity contribution in [2.45, 2.75) is 6.92 Å². The molecular formula is C12H9BrClN5. The fraction of sp³-hybridized carbons (Fsp3) is 0.0833. The van der Waals surface area contributed by atoms with Crippen LogP contribution < -0.4 is 5.32 Å². The fourth-order valence-electron chi connectivity index (χ4n) is 1.79. The number of hydrogen-bond donors (Lipinski definition) is 2. The SMILES string of the molecule is Cc1cc(Br)ccc1Nc1nc(Cl)nc2nc[nH]c12. The summed E-state index contributed by atoms with van der Waals surface area (Å²) in [6.45, 7) is 2.01. The number of imidazole rings is 1. The van der Waals surface area contributed by atoms with Crippen LogP contribution in [0, 0.1) is 6.92 Å². The predicted octanol–water partition coefficient (Wildman–Crippen LogP) is 3.82. The summed E-state index contributed by atoms with van der Waals surface area (Å²) in [4.78, 5) is 15.3. The van der Waals surface area contributed by atoms with E-state index in [4.69, 9.17) is 11.6 Å². The van der Waals surface area contributed by atoms with E-state index in [9.17, 15) is 0 Å². The number of nitrogens with one attached hydrogen (secondary N) is 2. The third-order valence-electron chi connectivity index (χ3n) is 2.70. The number of aromatic nitrogens is 4. The minimum atomic E-state index is 0.164. The molecule has 7 heteroatoms. The van der Waals surface area contributed by atoms with Gasteiger partial charge in [-0.15, -0.1) is 0 Å². The lowest BCUT2D eigenvalue weighted by Crippen LogP contribution is -1.98. The Hall–Kier alpha value is -1.66. The van der Waals surface area contributed by atoms with Gasteiger partial charge in [0.2, 0.25) is 5.28 Å². The smallest absolute Gasteiger partial charge is 0.226 e. The zero-order valence-electron chi connectivity index (χ0n) is 9.91. The molecule has 0 aliphatic rings. The Morgan fingerprint density at radius 2 is 2.16 bits per heavy atom. The van der Waals surface area contributed by atoms with E-state index in [0.29, 0.717) is 11.5 Å². The maximum atomic E-state index is 5.89. The summed E-state index contributed by atoms with van der Waals surface area (Å²) in [6.07, 6.45) is 1.56. The zero-order valence-corrected chi connectivity index (χ0v) is 12.2. The van der Waals surface area contributed by atoms with E-state index in [-0.39, 0.29) is 5.28 Å². The van der Waals surface area contributed by atoms with Crippen LogP contribution in [0.2, 0.25) is 5.28 Å². The van der Waals surface area contributed by atoms with Gasteiger partial charge in [0.25, 0.3) is 0 Å². The number of aromatic amines is 1. The lowest BCUT2D eigenvalue weighted by Gasteiger charge is -2.09. The van der Waals surface area contributed by atoms with Crippen LogP contribution in [0.4, 0.5) is 11.5 Å².